The van der Waals surface area contributed by atoms with Crippen LogP contribution in [-0.2, 0) is 0 Å². The maximum Gasteiger partial charge on any atom is 0.255 e. The Bertz CT molecular complexity index is 702. The normalized spacial score (nSPS) is 12.5. The molecule has 6 heteroatoms. The van der Waals surface area contributed by atoms with Crippen molar-refractivity contribution < 1.29 is 9.21 Å². The van der Waals surface area contributed by atoms with Crippen molar-refractivity contribution in [1.82, 2.24) is 20.5 Å². The van der Waals surface area contributed by atoms with Crippen molar-refractivity contribution in [2.45, 2.75) is 13.0 Å². The molecule has 2 aromatic heterocycles. The zero-order valence-electron chi connectivity index (χ0n) is 10.3. The van der Waals surface area contributed by atoms with Crippen molar-refractivity contribution in [2.75, 3.05) is 0 Å². The molecule has 0 aliphatic carbocycles. The third-order valence-corrected chi connectivity index (χ3v) is 2.92. The van der Waals surface area contributed by atoms with E-state index in [9.17, 15) is 4.79 Å². The molecule has 19 heavy (non-hydrogen) atoms. The SMILES string of the molecule is CC(NC(=O)c1coc2ccccc12)c1ncn[nH]1. The second-order valence-electron chi connectivity index (χ2n) is 4.21. The van der Waals surface area contributed by atoms with Gasteiger partial charge in [-0.25, -0.2) is 4.98 Å². The van der Waals surface area contributed by atoms with E-state index in [1.54, 1.807) is 0 Å². The Hall–Kier alpha value is -2.63. The van der Waals surface area contributed by atoms with Crippen LogP contribution in [0.5, 0.6) is 0 Å². The van der Waals surface area contributed by atoms with Crippen molar-refractivity contribution in [3.05, 3.63) is 48.2 Å². The summed E-state index contributed by atoms with van der Waals surface area (Å²) in [5.41, 5.74) is 1.21. The van der Waals surface area contributed by atoms with Crippen LogP contribution in [0.25, 0.3) is 11.0 Å². The number of aromatic nitrogens is 3. The first-order valence-corrected chi connectivity index (χ1v) is 5.88. The average molecular weight is 256 g/mol. The molecule has 1 unspecified atom stereocenters. The number of para-hydroxylation sites is 1. The molecule has 0 aliphatic rings. The molecular formula is C13H12N4O2. The predicted octanol–water partition coefficient (Wildman–Crippen LogP) is 2.04. The highest BCUT2D eigenvalue weighted by Gasteiger charge is 2.17. The number of carbonyl (C=O) groups excluding carboxylic acids is 1. The molecule has 2 heterocycles. The summed E-state index contributed by atoms with van der Waals surface area (Å²) in [5, 5.41) is 10.1. The van der Waals surface area contributed by atoms with Crippen molar-refractivity contribution in [3.8, 4) is 0 Å². The summed E-state index contributed by atoms with van der Waals surface area (Å²) in [6.45, 7) is 1.83. The van der Waals surface area contributed by atoms with Crippen molar-refractivity contribution in [3.63, 3.8) is 0 Å². The second-order valence-corrected chi connectivity index (χ2v) is 4.21. The first kappa shape index (κ1) is 11.5. The number of nitrogens with zero attached hydrogens (tertiary/aromatic N) is 2. The van der Waals surface area contributed by atoms with Crippen LogP contribution in [0.4, 0.5) is 0 Å². The summed E-state index contributed by atoms with van der Waals surface area (Å²) in [5.74, 6) is 0.412. The van der Waals surface area contributed by atoms with E-state index >= 15 is 0 Å². The number of rotatable bonds is 3. The zero-order valence-corrected chi connectivity index (χ0v) is 10.3. The lowest BCUT2D eigenvalue weighted by Gasteiger charge is -2.09. The van der Waals surface area contributed by atoms with E-state index in [4.69, 9.17) is 4.42 Å². The summed E-state index contributed by atoms with van der Waals surface area (Å²) in [6.07, 6.45) is 2.87. The van der Waals surface area contributed by atoms with E-state index in [-0.39, 0.29) is 11.9 Å². The van der Waals surface area contributed by atoms with Crippen LogP contribution in [0.2, 0.25) is 0 Å². The van der Waals surface area contributed by atoms with Gasteiger partial charge in [-0.2, -0.15) is 5.10 Å². The molecule has 3 rings (SSSR count). The molecule has 0 saturated carbocycles. The quantitative estimate of drug-likeness (QED) is 0.751. The van der Waals surface area contributed by atoms with Gasteiger partial charge in [0.1, 0.15) is 24.0 Å². The number of hydrogen-bond acceptors (Lipinski definition) is 4. The van der Waals surface area contributed by atoms with Gasteiger partial charge in [-0.05, 0) is 13.0 Å². The minimum absolute atomic E-state index is 0.200. The van der Waals surface area contributed by atoms with Crippen LogP contribution >= 0.6 is 0 Å². The summed E-state index contributed by atoms with van der Waals surface area (Å²) in [4.78, 5) is 16.2. The molecule has 0 radical (unpaired) electrons. The van der Waals surface area contributed by atoms with E-state index in [0.717, 1.165) is 5.39 Å². The number of furan rings is 1. The number of hydrogen-bond donors (Lipinski definition) is 2. The third-order valence-electron chi connectivity index (χ3n) is 2.92. The standard InChI is InChI=1S/C13H12N4O2/c1-8(12-14-7-15-17-12)16-13(18)10-6-19-11-5-3-2-4-9(10)11/h2-8H,1H3,(H,16,18)(H,14,15,17). The topological polar surface area (TPSA) is 83.8 Å². The molecule has 1 aromatic carbocycles. The van der Waals surface area contributed by atoms with Gasteiger partial charge in [0.25, 0.3) is 5.91 Å². The summed E-state index contributed by atoms with van der Waals surface area (Å²) < 4.78 is 5.35. The largest absolute Gasteiger partial charge is 0.463 e. The van der Waals surface area contributed by atoms with Gasteiger partial charge < -0.3 is 9.73 Å². The molecule has 2 N–H and O–H groups in total. The molecule has 0 spiro atoms. The Morgan fingerprint density at radius 3 is 3.05 bits per heavy atom. The second kappa shape index (κ2) is 4.56. The average Bonchev–Trinajstić information content (AvgIpc) is 3.08. The van der Waals surface area contributed by atoms with Crippen LogP contribution in [0.1, 0.15) is 29.1 Å². The fraction of sp³-hybridized carbons (Fsp3) is 0.154. The van der Waals surface area contributed by atoms with E-state index in [1.807, 2.05) is 31.2 Å². The van der Waals surface area contributed by atoms with Crippen LogP contribution in [0.15, 0.2) is 41.3 Å². The van der Waals surface area contributed by atoms with E-state index in [1.165, 1.54) is 12.6 Å². The fourth-order valence-electron chi connectivity index (χ4n) is 1.92. The predicted molar refractivity (Wildman–Crippen MR) is 68.5 cm³/mol. The van der Waals surface area contributed by atoms with Crippen molar-refractivity contribution in [2.24, 2.45) is 0 Å². The summed E-state index contributed by atoms with van der Waals surface area (Å²) in [7, 11) is 0. The number of fused-ring (bicyclic) bond motifs is 1. The highest BCUT2D eigenvalue weighted by molar-refractivity contribution is 6.05. The molecule has 1 amide bonds. The van der Waals surface area contributed by atoms with Gasteiger partial charge in [-0.15, -0.1) is 0 Å². The number of carbonyl (C=O) groups is 1. The number of aromatic amines is 1. The van der Waals surface area contributed by atoms with Gasteiger partial charge in [-0.3, -0.25) is 9.89 Å². The Kier molecular flexibility index (Phi) is 2.75. The lowest BCUT2D eigenvalue weighted by Crippen LogP contribution is -2.27. The van der Waals surface area contributed by atoms with Crippen LogP contribution in [0.3, 0.4) is 0 Å². The fourth-order valence-corrected chi connectivity index (χ4v) is 1.92. The van der Waals surface area contributed by atoms with Gasteiger partial charge in [0, 0.05) is 5.39 Å². The van der Waals surface area contributed by atoms with Crippen LogP contribution in [-0.4, -0.2) is 21.1 Å². The van der Waals surface area contributed by atoms with E-state index in [2.05, 4.69) is 20.5 Å². The smallest absolute Gasteiger partial charge is 0.255 e. The maximum atomic E-state index is 12.2. The molecule has 0 aliphatic heterocycles. The Labute approximate surface area is 108 Å². The number of nitrogens with one attached hydrogen (secondary N) is 2. The third kappa shape index (κ3) is 2.08. The van der Waals surface area contributed by atoms with Crippen molar-refractivity contribution >= 4 is 16.9 Å². The summed E-state index contributed by atoms with van der Waals surface area (Å²) >= 11 is 0. The maximum absolute atomic E-state index is 12.2. The lowest BCUT2D eigenvalue weighted by molar-refractivity contribution is 0.0939. The molecule has 1 atom stereocenters. The Morgan fingerprint density at radius 1 is 1.42 bits per heavy atom. The van der Waals surface area contributed by atoms with Gasteiger partial charge in [0.2, 0.25) is 0 Å². The monoisotopic (exact) mass is 256 g/mol. The molecule has 6 nitrogen and oxygen atoms in total. The van der Waals surface area contributed by atoms with E-state index in [0.29, 0.717) is 17.0 Å². The molecule has 0 bridgehead atoms. The minimum atomic E-state index is -0.247. The van der Waals surface area contributed by atoms with Gasteiger partial charge >= 0.3 is 0 Å². The first-order chi connectivity index (χ1) is 9.25. The van der Waals surface area contributed by atoms with Gasteiger partial charge in [0.05, 0.1) is 11.6 Å². The molecular weight excluding hydrogens is 244 g/mol. The molecule has 0 fully saturated rings. The van der Waals surface area contributed by atoms with Crippen LogP contribution < -0.4 is 5.32 Å². The molecule has 0 saturated heterocycles. The van der Waals surface area contributed by atoms with Gasteiger partial charge in [0.15, 0.2) is 0 Å². The Morgan fingerprint density at radius 2 is 2.26 bits per heavy atom. The first-order valence-electron chi connectivity index (χ1n) is 5.88. The highest BCUT2D eigenvalue weighted by Crippen LogP contribution is 2.21. The number of amides is 1. The Balaban J connectivity index is 1.84. The van der Waals surface area contributed by atoms with Crippen LogP contribution in [0, 0.1) is 0 Å². The zero-order chi connectivity index (χ0) is 13.2. The minimum Gasteiger partial charge on any atom is -0.463 e. The molecule has 96 valence electrons. The highest BCUT2D eigenvalue weighted by atomic mass is 16.3. The number of benzene rings is 1. The lowest BCUT2D eigenvalue weighted by atomic mass is 10.1. The van der Waals surface area contributed by atoms with Crippen molar-refractivity contribution in [1.29, 1.82) is 0 Å². The van der Waals surface area contributed by atoms with E-state index < -0.39 is 0 Å². The molecule has 3 aromatic rings. The summed E-state index contributed by atoms with van der Waals surface area (Å²) in [6, 6.07) is 7.17. The number of H-pyrrole nitrogens is 1. The van der Waals surface area contributed by atoms with Gasteiger partial charge in [-0.1, -0.05) is 18.2 Å².